The van der Waals surface area contributed by atoms with Crippen molar-refractivity contribution in [2.45, 2.75) is 19.1 Å². The van der Waals surface area contributed by atoms with E-state index in [1.807, 2.05) is 20.0 Å². The number of likely N-dealkylation sites (N-methyl/N-ethyl adjacent to an activating group) is 1. The van der Waals surface area contributed by atoms with Crippen LogP contribution in [-0.2, 0) is 4.74 Å². The van der Waals surface area contributed by atoms with E-state index >= 15 is 0 Å². The second-order valence-electron chi connectivity index (χ2n) is 4.84. The molecule has 0 radical (unpaired) electrons. The van der Waals surface area contributed by atoms with E-state index in [-0.39, 0.29) is 12.1 Å². The fourth-order valence-corrected chi connectivity index (χ4v) is 2.62. The summed E-state index contributed by atoms with van der Waals surface area (Å²) >= 11 is 0. The number of aryl methyl sites for hydroxylation is 1. The third-order valence-corrected chi connectivity index (χ3v) is 3.52. The minimum absolute atomic E-state index is 0.143. The Bertz CT molecular complexity index is 561. The van der Waals surface area contributed by atoms with Crippen molar-refractivity contribution < 1.29 is 9.15 Å². The Morgan fingerprint density at radius 1 is 1.47 bits per heavy atom. The molecule has 0 spiro atoms. The maximum atomic E-state index is 5.83. The smallest absolute Gasteiger partial charge is 0.192 e. The Morgan fingerprint density at radius 2 is 2.37 bits per heavy atom. The minimum Gasteiger partial charge on any atom is -0.441 e. The molecule has 0 amide bonds. The van der Waals surface area contributed by atoms with E-state index in [0.29, 0.717) is 5.89 Å². The number of fused-ring (bicyclic) bond motifs is 1. The molecule has 5 heteroatoms. The molecule has 102 valence electrons. The van der Waals surface area contributed by atoms with Crippen molar-refractivity contribution in [3.05, 3.63) is 29.7 Å². The van der Waals surface area contributed by atoms with Crippen LogP contribution in [0.15, 0.2) is 22.6 Å². The molecule has 1 aromatic carbocycles. The lowest BCUT2D eigenvalue weighted by Gasteiger charge is -2.31. The van der Waals surface area contributed by atoms with Gasteiger partial charge in [0.05, 0.1) is 18.8 Å². The van der Waals surface area contributed by atoms with Gasteiger partial charge in [0.1, 0.15) is 5.52 Å². The summed E-state index contributed by atoms with van der Waals surface area (Å²) in [6.07, 6.45) is 0.143. The lowest BCUT2D eigenvalue weighted by Crippen LogP contribution is -2.45. The Kier molecular flexibility index (Phi) is 3.50. The largest absolute Gasteiger partial charge is 0.441 e. The SMILES string of the molecule is CNC(c1ccc2oc(C)nc2c1)C1CNCCO1. The number of nitrogens with one attached hydrogen (secondary N) is 2. The number of aromatic nitrogens is 1. The second-order valence-corrected chi connectivity index (χ2v) is 4.84. The van der Waals surface area contributed by atoms with Gasteiger partial charge in [-0.05, 0) is 24.7 Å². The Morgan fingerprint density at radius 3 is 3.11 bits per heavy atom. The van der Waals surface area contributed by atoms with Crippen LogP contribution in [0.4, 0.5) is 0 Å². The predicted octanol–water partition coefficient (Wildman–Crippen LogP) is 1.39. The molecule has 1 fully saturated rings. The normalized spacial score (nSPS) is 21.7. The van der Waals surface area contributed by atoms with Crippen LogP contribution < -0.4 is 10.6 Å². The molecule has 19 heavy (non-hydrogen) atoms. The van der Waals surface area contributed by atoms with E-state index in [9.17, 15) is 0 Å². The van der Waals surface area contributed by atoms with E-state index in [0.717, 1.165) is 30.8 Å². The van der Waals surface area contributed by atoms with E-state index < -0.39 is 0 Å². The monoisotopic (exact) mass is 261 g/mol. The summed E-state index contributed by atoms with van der Waals surface area (Å²) in [4.78, 5) is 4.38. The van der Waals surface area contributed by atoms with Crippen LogP contribution in [-0.4, -0.2) is 37.8 Å². The van der Waals surface area contributed by atoms with Crippen LogP contribution in [0.1, 0.15) is 17.5 Å². The molecule has 0 bridgehead atoms. The molecule has 2 atom stereocenters. The molecule has 5 nitrogen and oxygen atoms in total. The highest BCUT2D eigenvalue weighted by molar-refractivity contribution is 5.73. The summed E-state index contributed by atoms with van der Waals surface area (Å²) in [5.74, 6) is 0.698. The van der Waals surface area contributed by atoms with Gasteiger partial charge < -0.3 is 19.8 Å². The number of morpholine rings is 1. The van der Waals surface area contributed by atoms with Gasteiger partial charge >= 0.3 is 0 Å². The first kappa shape index (κ1) is 12.6. The Balaban J connectivity index is 1.91. The zero-order valence-corrected chi connectivity index (χ0v) is 11.3. The number of ether oxygens (including phenoxy) is 1. The number of hydrogen-bond donors (Lipinski definition) is 2. The van der Waals surface area contributed by atoms with Crippen LogP contribution in [0, 0.1) is 6.92 Å². The molecular weight excluding hydrogens is 242 g/mol. The lowest BCUT2D eigenvalue weighted by atomic mass is 10.00. The van der Waals surface area contributed by atoms with Gasteiger partial charge in [-0.1, -0.05) is 6.07 Å². The molecule has 2 heterocycles. The summed E-state index contributed by atoms with van der Waals surface area (Å²) in [5.41, 5.74) is 2.91. The third kappa shape index (κ3) is 2.49. The van der Waals surface area contributed by atoms with Crippen molar-refractivity contribution in [3.8, 4) is 0 Å². The average Bonchev–Trinajstić information content (AvgIpc) is 2.80. The number of oxazole rings is 1. The van der Waals surface area contributed by atoms with Gasteiger partial charge in [-0.25, -0.2) is 4.98 Å². The molecule has 1 aliphatic rings. The fraction of sp³-hybridized carbons (Fsp3) is 0.500. The summed E-state index contributed by atoms with van der Waals surface area (Å²) in [6.45, 7) is 4.41. The van der Waals surface area contributed by atoms with E-state index in [2.05, 4.69) is 27.8 Å². The fourth-order valence-electron chi connectivity index (χ4n) is 2.62. The van der Waals surface area contributed by atoms with Gasteiger partial charge in [0.15, 0.2) is 11.5 Å². The summed E-state index contributed by atoms with van der Waals surface area (Å²) < 4.78 is 11.3. The molecule has 1 saturated heterocycles. The number of rotatable bonds is 3. The summed E-state index contributed by atoms with van der Waals surface area (Å²) in [7, 11) is 1.96. The molecule has 1 aromatic heterocycles. The molecule has 3 rings (SSSR count). The van der Waals surface area contributed by atoms with Gasteiger partial charge in [-0.3, -0.25) is 0 Å². The van der Waals surface area contributed by atoms with Crippen molar-refractivity contribution in [1.82, 2.24) is 15.6 Å². The standard InChI is InChI=1S/C14H19N3O2/c1-9-17-11-7-10(3-4-12(11)19-9)14(15-2)13-8-16-5-6-18-13/h3-4,7,13-16H,5-6,8H2,1-2H3. The Labute approximate surface area is 112 Å². The van der Waals surface area contributed by atoms with Gasteiger partial charge in [-0.2, -0.15) is 0 Å². The van der Waals surface area contributed by atoms with E-state index in [4.69, 9.17) is 9.15 Å². The number of benzene rings is 1. The van der Waals surface area contributed by atoms with Crippen molar-refractivity contribution in [3.63, 3.8) is 0 Å². The molecule has 2 unspecified atom stereocenters. The first-order valence-corrected chi connectivity index (χ1v) is 6.64. The highest BCUT2D eigenvalue weighted by Gasteiger charge is 2.25. The quantitative estimate of drug-likeness (QED) is 0.874. The first-order valence-electron chi connectivity index (χ1n) is 6.64. The molecule has 2 aromatic rings. The van der Waals surface area contributed by atoms with Gasteiger partial charge in [0.2, 0.25) is 0 Å². The third-order valence-electron chi connectivity index (χ3n) is 3.52. The van der Waals surface area contributed by atoms with Gasteiger partial charge in [0.25, 0.3) is 0 Å². The van der Waals surface area contributed by atoms with Crippen LogP contribution >= 0.6 is 0 Å². The van der Waals surface area contributed by atoms with Crippen LogP contribution in [0.5, 0.6) is 0 Å². The summed E-state index contributed by atoms with van der Waals surface area (Å²) in [6, 6.07) is 6.29. The van der Waals surface area contributed by atoms with Crippen molar-refractivity contribution in [2.24, 2.45) is 0 Å². The predicted molar refractivity (Wildman–Crippen MR) is 73.2 cm³/mol. The number of nitrogens with zero attached hydrogens (tertiary/aromatic N) is 1. The zero-order valence-electron chi connectivity index (χ0n) is 11.3. The average molecular weight is 261 g/mol. The van der Waals surface area contributed by atoms with Crippen molar-refractivity contribution in [1.29, 1.82) is 0 Å². The zero-order chi connectivity index (χ0) is 13.2. The van der Waals surface area contributed by atoms with Crippen molar-refractivity contribution in [2.75, 3.05) is 26.7 Å². The Hall–Kier alpha value is -1.43. The maximum absolute atomic E-state index is 5.83. The van der Waals surface area contributed by atoms with Gasteiger partial charge in [0, 0.05) is 20.0 Å². The molecule has 0 saturated carbocycles. The van der Waals surface area contributed by atoms with Crippen LogP contribution in [0.3, 0.4) is 0 Å². The highest BCUT2D eigenvalue weighted by atomic mass is 16.5. The second kappa shape index (κ2) is 5.28. The topological polar surface area (TPSA) is 59.3 Å². The van der Waals surface area contributed by atoms with Gasteiger partial charge in [-0.15, -0.1) is 0 Å². The first-order chi connectivity index (χ1) is 9.28. The highest BCUT2D eigenvalue weighted by Crippen LogP contribution is 2.24. The maximum Gasteiger partial charge on any atom is 0.192 e. The molecule has 1 aliphatic heterocycles. The van der Waals surface area contributed by atoms with Crippen molar-refractivity contribution >= 4 is 11.1 Å². The number of hydrogen-bond acceptors (Lipinski definition) is 5. The molecular formula is C14H19N3O2. The molecule has 0 aliphatic carbocycles. The summed E-state index contributed by atoms with van der Waals surface area (Å²) in [5, 5.41) is 6.70. The van der Waals surface area contributed by atoms with Crippen LogP contribution in [0.25, 0.3) is 11.1 Å². The molecule has 2 N–H and O–H groups in total. The van der Waals surface area contributed by atoms with Crippen LogP contribution in [0.2, 0.25) is 0 Å². The minimum atomic E-state index is 0.143. The lowest BCUT2D eigenvalue weighted by molar-refractivity contribution is 0.00540. The van der Waals surface area contributed by atoms with E-state index in [1.54, 1.807) is 0 Å². The van der Waals surface area contributed by atoms with E-state index in [1.165, 1.54) is 5.56 Å².